The molecule has 1 aromatic heterocycles. The zero-order valence-electron chi connectivity index (χ0n) is 11.6. The van der Waals surface area contributed by atoms with Gasteiger partial charge in [-0.05, 0) is 34.7 Å². The van der Waals surface area contributed by atoms with E-state index in [4.69, 9.17) is 4.74 Å². The van der Waals surface area contributed by atoms with Crippen LogP contribution < -0.4 is 5.32 Å². The second-order valence-corrected chi connectivity index (χ2v) is 5.64. The topological polar surface area (TPSA) is 55.4 Å². The first-order valence-electron chi connectivity index (χ1n) is 6.50. The van der Waals surface area contributed by atoms with Crippen LogP contribution in [-0.4, -0.2) is 24.5 Å². The Hall–Kier alpha value is -1.36. The van der Waals surface area contributed by atoms with Crippen LogP contribution in [-0.2, 0) is 20.7 Å². The van der Waals surface area contributed by atoms with Gasteiger partial charge in [-0.15, -0.1) is 0 Å². The monoisotopic (exact) mass is 283 g/mol. The number of amides is 1. The summed E-state index contributed by atoms with van der Waals surface area (Å²) in [5, 5.41) is 6.58. The molecule has 0 aromatic carbocycles. The minimum absolute atomic E-state index is 0.147. The summed E-state index contributed by atoms with van der Waals surface area (Å²) in [6.45, 7) is 6.19. The molecule has 5 heteroatoms. The molecule has 1 atom stereocenters. The van der Waals surface area contributed by atoms with Gasteiger partial charge in [0.2, 0.25) is 5.91 Å². The lowest BCUT2D eigenvalue weighted by Gasteiger charge is -2.16. The van der Waals surface area contributed by atoms with E-state index in [9.17, 15) is 9.59 Å². The Bertz CT molecular complexity index is 401. The van der Waals surface area contributed by atoms with E-state index >= 15 is 0 Å². The normalized spacial score (nSPS) is 12.2. The van der Waals surface area contributed by atoms with Gasteiger partial charge in [0.25, 0.3) is 0 Å². The van der Waals surface area contributed by atoms with E-state index in [0.717, 1.165) is 5.56 Å². The lowest BCUT2D eigenvalue weighted by atomic mass is 10.2. The number of esters is 1. The molecule has 0 aliphatic heterocycles. The van der Waals surface area contributed by atoms with Gasteiger partial charge in [-0.2, -0.15) is 11.3 Å². The van der Waals surface area contributed by atoms with Gasteiger partial charge in [0.1, 0.15) is 6.04 Å². The Morgan fingerprint density at radius 2 is 2.16 bits per heavy atom. The average molecular weight is 283 g/mol. The van der Waals surface area contributed by atoms with Crippen molar-refractivity contribution in [1.82, 2.24) is 5.32 Å². The largest absolute Gasteiger partial charge is 0.464 e. The maximum atomic E-state index is 11.8. The Morgan fingerprint density at radius 3 is 2.68 bits per heavy atom. The van der Waals surface area contributed by atoms with Crippen LogP contribution in [0.5, 0.6) is 0 Å². The first-order chi connectivity index (χ1) is 9.02. The molecule has 1 amide bonds. The van der Waals surface area contributed by atoms with Gasteiger partial charge in [-0.25, -0.2) is 4.79 Å². The molecule has 0 spiro atoms. The molecular formula is C14H21NO3S. The summed E-state index contributed by atoms with van der Waals surface area (Å²) in [6, 6.07) is 1.35. The number of nitrogens with one attached hydrogen (secondary N) is 1. The fourth-order valence-corrected chi connectivity index (χ4v) is 2.17. The highest BCUT2D eigenvalue weighted by Gasteiger charge is 2.20. The maximum Gasteiger partial charge on any atom is 0.328 e. The number of hydrogen-bond acceptors (Lipinski definition) is 4. The summed E-state index contributed by atoms with van der Waals surface area (Å²) in [4.78, 5) is 23.6. The zero-order chi connectivity index (χ0) is 14.3. The third-order valence-electron chi connectivity index (χ3n) is 2.53. The molecule has 1 aromatic rings. The lowest BCUT2D eigenvalue weighted by molar-refractivity contribution is -0.149. The fourth-order valence-electron chi connectivity index (χ4n) is 1.50. The highest BCUT2D eigenvalue weighted by Crippen LogP contribution is 2.07. The van der Waals surface area contributed by atoms with Crippen molar-refractivity contribution in [3.05, 3.63) is 22.4 Å². The van der Waals surface area contributed by atoms with Crippen LogP contribution in [0.4, 0.5) is 0 Å². The van der Waals surface area contributed by atoms with Crippen LogP contribution in [0.2, 0.25) is 0 Å². The minimum atomic E-state index is -0.551. The van der Waals surface area contributed by atoms with Crippen molar-refractivity contribution in [1.29, 1.82) is 0 Å². The van der Waals surface area contributed by atoms with Crippen molar-refractivity contribution in [2.45, 2.75) is 39.7 Å². The SMILES string of the molecule is CCC(NC(=O)Cc1ccsc1)C(=O)OCC(C)C. The molecule has 0 radical (unpaired) electrons. The smallest absolute Gasteiger partial charge is 0.328 e. The van der Waals surface area contributed by atoms with E-state index in [1.165, 1.54) is 0 Å². The Balaban J connectivity index is 2.42. The number of carbonyl (C=O) groups is 2. The molecule has 4 nitrogen and oxygen atoms in total. The van der Waals surface area contributed by atoms with Crippen molar-refractivity contribution < 1.29 is 14.3 Å². The molecular weight excluding hydrogens is 262 g/mol. The highest BCUT2D eigenvalue weighted by atomic mass is 32.1. The highest BCUT2D eigenvalue weighted by molar-refractivity contribution is 7.07. The van der Waals surface area contributed by atoms with Gasteiger partial charge in [0, 0.05) is 0 Å². The number of ether oxygens (including phenoxy) is 1. The van der Waals surface area contributed by atoms with Crippen LogP contribution >= 0.6 is 11.3 Å². The molecule has 1 heterocycles. The molecule has 1 N–H and O–H groups in total. The van der Waals surface area contributed by atoms with Gasteiger partial charge in [0.15, 0.2) is 0 Å². The third kappa shape index (κ3) is 5.87. The maximum absolute atomic E-state index is 11.8. The van der Waals surface area contributed by atoms with Crippen molar-refractivity contribution in [2.75, 3.05) is 6.61 Å². The minimum Gasteiger partial charge on any atom is -0.464 e. The van der Waals surface area contributed by atoms with Crippen LogP contribution in [0.25, 0.3) is 0 Å². The van der Waals surface area contributed by atoms with Gasteiger partial charge in [-0.3, -0.25) is 4.79 Å². The molecule has 0 aliphatic carbocycles. The van der Waals surface area contributed by atoms with Gasteiger partial charge >= 0.3 is 5.97 Å². The molecule has 0 saturated heterocycles. The molecule has 0 bridgehead atoms. The van der Waals surface area contributed by atoms with Crippen molar-refractivity contribution in [3.63, 3.8) is 0 Å². The summed E-state index contributed by atoms with van der Waals surface area (Å²) in [6.07, 6.45) is 0.837. The molecule has 0 saturated carbocycles. The summed E-state index contributed by atoms with van der Waals surface area (Å²) >= 11 is 1.55. The molecule has 1 unspecified atom stereocenters. The third-order valence-corrected chi connectivity index (χ3v) is 3.26. The Morgan fingerprint density at radius 1 is 1.42 bits per heavy atom. The fraction of sp³-hybridized carbons (Fsp3) is 0.571. The first-order valence-corrected chi connectivity index (χ1v) is 7.44. The Labute approximate surface area is 118 Å². The van der Waals surface area contributed by atoms with Crippen LogP contribution in [0.1, 0.15) is 32.8 Å². The molecule has 1 rings (SSSR count). The quantitative estimate of drug-likeness (QED) is 0.782. The number of rotatable bonds is 7. The van der Waals surface area contributed by atoms with E-state index in [1.807, 2.05) is 37.6 Å². The number of thiophene rings is 1. The number of hydrogen-bond donors (Lipinski definition) is 1. The van der Waals surface area contributed by atoms with Crippen LogP contribution in [0, 0.1) is 5.92 Å². The van der Waals surface area contributed by atoms with E-state index in [1.54, 1.807) is 11.3 Å². The second kappa shape index (κ2) is 7.94. The molecule has 19 heavy (non-hydrogen) atoms. The van der Waals surface area contributed by atoms with Gasteiger partial charge in [0.05, 0.1) is 13.0 Å². The van der Waals surface area contributed by atoms with Gasteiger partial charge in [-0.1, -0.05) is 20.8 Å². The lowest BCUT2D eigenvalue weighted by Crippen LogP contribution is -2.42. The zero-order valence-corrected chi connectivity index (χ0v) is 12.5. The summed E-state index contributed by atoms with van der Waals surface area (Å²) < 4.78 is 5.14. The van der Waals surface area contributed by atoms with E-state index < -0.39 is 6.04 Å². The Kier molecular flexibility index (Phi) is 6.56. The summed E-state index contributed by atoms with van der Waals surface area (Å²) in [5.74, 6) is -0.204. The van der Waals surface area contributed by atoms with Crippen molar-refractivity contribution >= 4 is 23.2 Å². The second-order valence-electron chi connectivity index (χ2n) is 4.86. The standard InChI is InChI=1S/C14H21NO3S/c1-4-12(14(17)18-8-10(2)3)15-13(16)7-11-5-6-19-9-11/h5-6,9-10,12H,4,7-8H2,1-3H3,(H,15,16). The van der Waals surface area contributed by atoms with E-state index in [2.05, 4.69) is 5.32 Å². The van der Waals surface area contributed by atoms with Crippen LogP contribution in [0.3, 0.4) is 0 Å². The predicted molar refractivity (Wildman–Crippen MR) is 76.0 cm³/mol. The predicted octanol–water partition coefficient (Wildman–Crippen LogP) is 2.38. The number of carbonyl (C=O) groups excluding carboxylic acids is 2. The molecule has 0 aliphatic rings. The van der Waals surface area contributed by atoms with Crippen LogP contribution in [0.15, 0.2) is 16.8 Å². The summed E-state index contributed by atoms with van der Waals surface area (Å²) in [5.41, 5.74) is 0.966. The van der Waals surface area contributed by atoms with Crippen molar-refractivity contribution in [2.24, 2.45) is 5.92 Å². The molecule has 106 valence electrons. The first kappa shape index (κ1) is 15.7. The van der Waals surface area contributed by atoms with E-state index in [-0.39, 0.29) is 11.9 Å². The van der Waals surface area contributed by atoms with Crippen molar-refractivity contribution in [3.8, 4) is 0 Å². The summed E-state index contributed by atoms with van der Waals surface area (Å²) in [7, 11) is 0. The van der Waals surface area contributed by atoms with Gasteiger partial charge < -0.3 is 10.1 Å². The molecule has 0 fully saturated rings. The van der Waals surface area contributed by atoms with E-state index in [0.29, 0.717) is 25.4 Å². The average Bonchev–Trinajstić information content (AvgIpc) is 2.85.